The quantitative estimate of drug-likeness (QED) is 0.585. The van der Waals surface area contributed by atoms with Crippen LogP contribution in [0.15, 0.2) is 63.5 Å². The highest BCUT2D eigenvalue weighted by Gasteiger charge is 2.28. The second-order valence-electron chi connectivity index (χ2n) is 8.44. The number of aryl methyl sites for hydroxylation is 1. The molecule has 0 unspecified atom stereocenters. The number of benzene rings is 1. The van der Waals surface area contributed by atoms with Gasteiger partial charge in [-0.3, -0.25) is 9.80 Å². The van der Waals surface area contributed by atoms with E-state index < -0.39 is 0 Å². The number of nitrogens with zero attached hydrogens (tertiary/aromatic N) is 6. The van der Waals surface area contributed by atoms with Crippen molar-refractivity contribution < 1.29 is 4.42 Å². The summed E-state index contributed by atoms with van der Waals surface area (Å²) in [5.74, 6) is 1.03. The summed E-state index contributed by atoms with van der Waals surface area (Å²) in [5, 5.41) is 9.76. The van der Waals surface area contributed by atoms with Gasteiger partial charge in [0.2, 0.25) is 0 Å². The van der Waals surface area contributed by atoms with E-state index in [4.69, 9.17) is 4.42 Å². The summed E-state index contributed by atoms with van der Waals surface area (Å²) in [5.41, 5.74) is 1.35. The molecule has 3 aromatic rings. The molecular formula is C23H30N6OS. The summed E-state index contributed by atoms with van der Waals surface area (Å²) in [6.45, 7) is 7.66. The van der Waals surface area contributed by atoms with Gasteiger partial charge < -0.3 is 13.9 Å². The summed E-state index contributed by atoms with van der Waals surface area (Å²) >= 11 is 1.52. The van der Waals surface area contributed by atoms with Crippen molar-refractivity contribution in [3.63, 3.8) is 0 Å². The van der Waals surface area contributed by atoms with E-state index in [0.717, 1.165) is 61.8 Å². The molecule has 4 heterocycles. The van der Waals surface area contributed by atoms with Crippen molar-refractivity contribution in [3.8, 4) is 0 Å². The van der Waals surface area contributed by atoms with Crippen LogP contribution in [0.1, 0.15) is 18.6 Å². The molecule has 0 N–H and O–H groups in total. The highest BCUT2D eigenvalue weighted by molar-refractivity contribution is 7.99. The minimum atomic E-state index is 0.647. The smallest absolute Gasteiger partial charge is 0.198 e. The average Bonchev–Trinajstić information content (AvgIpc) is 3.43. The van der Waals surface area contributed by atoms with Gasteiger partial charge in [-0.05, 0) is 55.4 Å². The lowest BCUT2D eigenvalue weighted by Gasteiger charge is -2.43. The minimum Gasteiger partial charge on any atom is -0.453 e. The van der Waals surface area contributed by atoms with Gasteiger partial charge in [0, 0.05) is 51.5 Å². The highest BCUT2D eigenvalue weighted by Crippen LogP contribution is 2.28. The Morgan fingerprint density at radius 3 is 2.65 bits per heavy atom. The molecule has 164 valence electrons. The summed E-state index contributed by atoms with van der Waals surface area (Å²) in [7, 11) is 1.94. The first-order valence-corrected chi connectivity index (χ1v) is 11.9. The van der Waals surface area contributed by atoms with Crippen LogP contribution >= 0.6 is 11.8 Å². The van der Waals surface area contributed by atoms with Crippen LogP contribution in [0.2, 0.25) is 0 Å². The standard InChI is InChI=1S/C23H30N6OS/c1-26-18-24-25-23(26)31-22-10-9-21(30-22)17-27-11-5-8-20(16-27)29-14-12-28(13-15-29)19-6-3-2-4-7-19/h2-4,6-7,9-10,18,20H,5,8,11-17H2,1H3/t20-/m1/s1. The van der Waals surface area contributed by atoms with Crippen molar-refractivity contribution in [2.45, 2.75) is 35.7 Å². The van der Waals surface area contributed by atoms with Crippen LogP contribution < -0.4 is 4.90 Å². The number of piperidine rings is 1. The van der Waals surface area contributed by atoms with E-state index in [1.807, 2.05) is 17.7 Å². The van der Waals surface area contributed by atoms with Gasteiger partial charge in [-0.15, -0.1) is 10.2 Å². The van der Waals surface area contributed by atoms with Gasteiger partial charge in [-0.1, -0.05) is 18.2 Å². The van der Waals surface area contributed by atoms with Crippen LogP contribution in [0.3, 0.4) is 0 Å². The van der Waals surface area contributed by atoms with Crippen LogP contribution in [0, 0.1) is 0 Å². The summed E-state index contributed by atoms with van der Waals surface area (Å²) in [6.07, 6.45) is 4.26. The van der Waals surface area contributed by atoms with Gasteiger partial charge in [-0.25, -0.2) is 0 Å². The molecule has 0 amide bonds. The van der Waals surface area contributed by atoms with Crippen molar-refractivity contribution in [1.29, 1.82) is 0 Å². The molecule has 0 spiro atoms. The van der Waals surface area contributed by atoms with E-state index in [1.165, 1.54) is 30.3 Å². The van der Waals surface area contributed by atoms with Gasteiger partial charge in [0.15, 0.2) is 10.2 Å². The Labute approximate surface area is 188 Å². The second-order valence-corrected chi connectivity index (χ2v) is 9.41. The number of aromatic nitrogens is 3. The first-order valence-electron chi connectivity index (χ1n) is 11.1. The number of anilines is 1. The molecule has 5 rings (SSSR count). The molecule has 0 radical (unpaired) electrons. The maximum absolute atomic E-state index is 6.08. The van der Waals surface area contributed by atoms with Crippen molar-refractivity contribution in [3.05, 3.63) is 54.6 Å². The Bertz CT molecular complexity index is 965. The average molecular weight is 439 g/mol. The third-order valence-electron chi connectivity index (χ3n) is 6.31. The Balaban J connectivity index is 1.13. The van der Waals surface area contributed by atoms with Crippen LogP contribution in [0.5, 0.6) is 0 Å². The van der Waals surface area contributed by atoms with E-state index in [-0.39, 0.29) is 0 Å². The second kappa shape index (κ2) is 9.46. The van der Waals surface area contributed by atoms with E-state index in [1.54, 1.807) is 6.33 Å². The van der Waals surface area contributed by atoms with Crippen LogP contribution in [-0.4, -0.2) is 69.9 Å². The lowest BCUT2D eigenvalue weighted by Crippen LogP contribution is -2.55. The molecule has 0 aliphatic carbocycles. The minimum absolute atomic E-state index is 0.647. The van der Waals surface area contributed by atoms with Crippen molar-refractivity contribution >= 4 is 17.4 Å². The van der Waals surface area contributed by atoms with E-state index in [2.05, 4.69) is 61.3 Å². The third kappa shape index (κ3) is 4.97. The third-order valence-corrected chi connectivity index (χ3v) is 7.28. The number of piperazine rings is 1. The first kappa shape index (κ1) is 20.6. The van der Waals surface area contributed by atoms with Crippen LogP contribution in [0.25, 0.3) is 0 Å². The molecule has 0 saturated carbocycles. The highest BCUT2D eigenvalue weighted by atomic mass is 32.2. The number of hydrogen-bond acceptors (Lipinski definition) is 7. The normalized spacial score (nSPS) is 20.9. The van der Waals surface area contributed by atoms with Crippen molar-refractivity contribution in [2.75, 3.05) is 44.2 Å². The molecule has 2 aliphatic heterocycles. The van der Waals surface area contributed by atoms with Gasteiger partial charge >= 0.3 is 0 Å². The van der Waals surface area contributed by atoms with E-state index in [0.29, 0.717) is 6.04 Å². The van der Waals surface area contributed by atoms with Gasteiger partial charge in [0.25, 0.3) is 0 Å². The van der Waals surface area contributed by atoms with E-state index >= 15 is 0 Å². The number of hydrogen-bond donors (Lipinski definition) is 0. The fourth-order valence-corrected chi connectivity index (χ4v) is 5.37. The number of furan rings is 1. The SMILES string of the molecule is Cn1cnnc1Sc1ccc(CN2CCC[C@@H](N3CCN(c4ccccc4)CC3)C2)o1. The van der Waals surface area contributed by atoms with Crippen LogP contribution in [0.4, 0.5) is 5.69 Å². The van der Waals surface area contributed by atoms with Gasteiger partial charge in [-0.2, -0.15) is 0 Å². The molecule has 7 nitrogen and oxygen atoms in total. The van der Waals surface area contributed by atoms with Gasteiger partial charge in [0.1, 0.15) is 12.1 Å². The topological polar surface area (TPSA) is 53.6 Å². The molecule has 8 heteroatoms. The lowest BCUT2D eigenvalue weighted by atomic mass is 10.0. The predicted molar refractivity (Wildman–Crippen MR) is 122 cm³/mol. The summed E-state index contributed by atoms with van der Waals surface area (Å²) in [6, 6.07) is 15.6. The molecule has 2 aliphatic rings. The fraction of sp³-hybridized carbons (Fsp3) is 0.478. The zero-order chi connectivity index (χ0) is 21.0. The van der Waals surface area contributed by atoms with E-state index in [9.17, 15) is 0 Å². The van der Waals surface area contributed by atoms with Crippen molar-refractivity contribution in [2.24, 2.45) is 7.05 Å². The Morgan fingerprint density at radius 1 is 1.03 bits per heavy atom. The Hall–Kier alpha value is -2.29. The molecule has 2 aromatic heterocycles. The maximum Gasteiger partial charge on any atom is 0.198 e. The summed E-state index contributed by atoms with van der Waals surface area (Å²) in [4.78, 5) is 7.76. The van der Waals surface area contributed by atoms with Crippen LogP contribution in [-0.2, 0) is 13.6 Å². The molecule has 1 aromatic carbocycles. The van der Waals surface area contributed by atoms with Gasteiger partial charge in [0.05, 0.1) is 6.54 Å². The predicted octanol–water partition coefficient (Wildman–Crippen LogP) is 3.35. The van der Waals surface area contributed by atoms with Crippen molar-refractivity contribution in [1.82, 2.24) is 24.6 Å². The lowest BCUT2D eigenvalue weighted by molar-refractivity contribution is 0.0842. The number of rotatable bonds is 6. The Morgan fingerprint density at radius 2 is 1.87 bits per heavy atom. The molecular weight excluding hydrogens is 408 g/mol. The number of para-hydroxylation sites is 1. The zero-order valence-corrected chi connectivity index (χ0v) is 18.9. The molecule has 31 heavy (non-hydrogen) atoms. The molecule has 2 fully saturated rings. The Kier molecular flexibility index (Phi) is 6.29. The summed E-state index contributed by atoms with van der Waals surface area (Å²) < 4.78 is 7.98. The molecule has 0 bridgehead atoms. The maximum atomic E-state index is 6.08. The first-order chi connectivity index (χ1) is 15.2. The fourth-order valence-electron chi connectivity index (χ4n) is 4.63. The monoisotopic (exact) mass is 438 g/mol. The molecule has 2 saturated heterocycles. The number of likely N-dealkylation sites (tertiary alicyclic amines) is 1. The zero-order valence-electron chi connectivity index (χ0n) is 18.1. The molecule has 1 atom stereocenters. The largest absolute Gasteiger partial charge is 0.453 e.